The number of aliphatic carboxylic acids is 2. The van der Waals surface area contributed by atoms with E-state index in [1.165, 1.54) is 0 Å². The number of carboxylic acids is 2. The third kappa shape index (κ3) is 7.20. The Labute approximate surface area is 295 Å². The highest BCUT2D eigenvalue weighted by molar-refractivity contribution is 7.81. The Bertz CT molecular complexity index is 1610. The fraction of sp³-hybridized carbons (Fsp3) is 0.839. The van der Waals surface area contributed by atoms with Crippen LogP contribution in [-0.2, 0) is 57.8 Å². The van der Waals surface area contributed by atoms with Gasteiger partial charge in [0.1, 0.15) is 12.2 Å². The van der Waals surface area contributed by atoms with Gasteiger partial charge in [0.25, 0.3) is 0 Å². The number of ether oxygens (including phenoxy) is 3. The Balaban J connectivity index is 1.59. The average Bonchev–Trinajstić information content (AvgIpc) is 3.16. The lowest BCUT2D eigenvalue weighted by Crippen LogP contribution is -2.67. The van der Waals surface area contributed by atoms with Gasteiger partial charge in [0.2, 0.25) is 0 Å². The number of hydrogen-bond donors (Lipinski definition) is 6. The molecule has 6 N–H and O–H groups in total. The third-order valence-electron chi connectivity index (χ3n) is 12.0. The van der Waals surface area contributed by atoms with Crippen LogP contribution in [0.1, 0.15) is 72.1 Å². The highest BCUT2D eigenvalue weighted by atomic mass is 32.3. The summed E-state index contributed by atoms with van der Waals surface area (Å²) in [5.74, 6) is -5.84. The molecule has 4 aliphatic carbocycles. The number of carbonyl (C=O) groups is 3. The van der Waals surface area contributed by atoms with E-state index in [9.17, 15) is 60.8 Å². The summed E-state index contributed by atoms with van der Waals surface area (Å²) in [4.78, 5) is 39.3. The Hall–Kier alpha value is -2.27. The van der Waals surface area contributed by atoms with E-state index in [-0.39, 0.29) is 37.0 Å². The number of hydrogen-bond acceptors (Lipinski definition) is 14. The van der Waals surface area contributed by atoms with Gasteiger partial charge in [-0.2, -0.15) is 16.8 Å². The smallest absolute Gasteiger partial charge is 0.397 e. The Morgan fingerprint density at radius 2 is 1.53 bits per heavy atom. The van der Waals surface area contributed by atoms with Crippen LogP contribution < -0.4 is 0 Å². The maximum atomic E-state index is 13.1. The van der Waals surface area contributed by atoms with E-state index in [4.69, 9.17) is 18.4 Å². The molecule has 51 heavy (non-hydrogen) atoms. The number of carbonyl (C=O) groups excluding carboxylic acids is 1. The number of fused-ring (bicyclic) bond motifs is 3. The summed E-state index contributed by atoms with van der Waals surface area (Å²) in [5, 5.41) is 42.9. The molecule has 0 aromatic carbocycles. The van der Waals surface area contributed by atoms with Crippen molar-refractivity contribution in [1.29, 1.82) is 0 Å². The Kier molecular flexibility index (Phi) is 10.8. The first kappa shape index (κ1) is 39.9. The first-order valence-corrected chi connectivity index (χ1v) is 19.5. The second-order valence-electron chi connectivity index (χ2n) is 15.3. The highest BCUT2D eigenvalue weighted by Gasteiger charge is 2.72. The van der Waals surface area contributed by atoms with Crippen molar-refractivity contribution in [3.05, 3.63) is 12.2 Å². The SMILES string of the molecule is C=C1[C@@H]2CCC3[C@@]4(C)CC(OC5OC(CO)C(OS(=O)(=O)O)C(OS(=O)(=O)O)C5OC(=O)CC(C)C)CC(C(=O)O)(C(=O)O)C4CC[C@@]3(C2)[C@@H]1O. The predicted molar refractivity (Wildman–Crippen MR) is 169 cm³/mol. The molecule has 5 rings (SSSR count). The summed E-state index contributed by atoms with van der Waals surface area (Å²) in [7, 11) is -11.0. The van der Waals surface area contributed by atoms with Gasteiger partial charge < -0.3 is 34.6 Å². The first-order valence-electron chi connectivity index (χ1n) is 16.7. The number of carboxylic acid groups (broad SMARTS) is 2. The van der Waals surface area contributed by atoms with Gasteiger partial charge in [-0.3, -0.25) is 23.5 Å². The highest BCUT2D eigenvalue weighted by Crippen LogP contribution is 2.72. The topological polar surface area (TPSA) is 287 Å². The summed E-state index contributed by atoms with van der Waals surface area (Å²) in [6, 6.07) is 0. The van der Waals surface area contributed by atoms with Crippen LogP contribution in [0, 0.1) is 39.9 Å². The molecule has 1 aliphatic heterocycles. The van der Waals surface area contributed by atoms with E-state index < -0.39 is 117 Å². The largest absolute Gasteiger partial charge is 0.480 e. The molecular weight excluding hydrogens is 724 g/mol. The van der Waals surface area contributed by atoms with E-state index in [0.717, 1.165) is 0 Å². The van der Waals surface area contributed by atoms with Crippen LogP contribution in [0.2, 0.25) is 0 Å². The molecular formula is C31H46O18S2. The molecule has 8 unspecified atom stereocenters. The summed E-state index contributed by atoms with van der Waals surface area (Å²) < 4.78 is 93.4. The van der Waals surface area contributed by atoms with Crippen LogP contribution in [0.25, 0.3) is 0 Å². The van der Waals surface area contributed by atoms with Gasteiger partial charge in [-0.05, 0) is 73.2 Å². The molecule has 1 spiro atoms. The van der Waals surface area contributed by atoms with Gasteiger partial charge >= 0.3 is 38.7 Å². The van der Waals surface area contributed by atoms with Gasteiger partial charge in [0.05, 0.1) is 18.8 Å². The van der Waals surface area contributed by atoms with Crippen molar-refractivity contribution >= 4 is 38.7 Å². The lowest BCUT2D eigenvalue weighted by molar-refractivity contribution is -0.318. The normalized spacial score (nSPS) is 40.7. The van der Waals surface area contributed by atoms with E-state index in [2.05, 4.69) is 10.8 Å². The molecule has 0 aromatic rings. The van der Waals surface area contributed by atoms with Crippen LogP contribution in [0.3, 0.4) is 0 Å². The van der Waals surface area contributed by atoms with Crippen LogP contribution in [-0.4, -0.2) is 114 Å². The van der Waals surface area contributed by atoms with Crippen molar-refractivity contribution in [1.82, 2.24) is 0 Å². The summed E-state index contributed by atoms with van der Waals surface area (Å²) in [5.41, 5.74) is -3.52. The number of rotatable bonds is 12. The van der Waals surface area contributed by atoms with E-state index >= 15 is 0 Å². The van der Waals surface area contributed by atoms with E-state index in [0.29, 0.717) is 31.3 Å². The monoisotopic (exact) mass is 770 g/mol. The summed E-state index contributed by atoms with van der Waals surface area (Å²) in [6.07, 6.45) is -11.5. The lowest BCUT2D eigenvalue weighted by atomic mass is 9.40. The molecule has 1 saturated heterocycles. The molecule has 18 nitrogen and oxygen atoms in total. The zero-order chi connectivity index (χ0) is 38.1. The van der Waals surface area contributed by atoms with E-state index in [1.54, 1.807) is 20.8 Å². The Morgan fingerprint density at radius 3 is 2.08 bits per heavy atom. The second kappa shape index (κ2) is 13.9. The quantitative estimate of drug-likeness (QED) is 0.0533. The average molecular weight is 771 g/mol. The van der Waals surface area contributed by atoms with Crippen molar-refractivity contribution in [2.45, 2.75) is 115 Å². The fourth-order valence-electron chi connectivity index (χ4n) is 10.3. The molecule has 0 radical (unpaired) electrons. The van der Waals surface area contributed by atoms with Gasteiger partial charge in [-0.1, -0.05) is 27.4 Å². The number of aliphatic hydroxyl groups is 2. The van der Waals surface area contributed by atoms with E-state index in [1.807, 2.05) is 0 Å². The fourth-order valence-corrected chi connectivity index (χ4v) is 11.3. The third-order valence-corrected chi connectivity index (χ3v) is 12.9. The van der Waals surface area contributed by atoms with Crippen LogP contribution >= 0.6 is 0 Å². The molecule has 20 heteroatoms. The zero-order valence-electron chi connectivity index (χ0n) is 28.3. The Morgan fingerprint density at radius 1 is 0.922 bits per heavy atom. The van der Waals surface area contributed by atoms with Crippen molar-refractivity contribution in [3.8, 4) is 0 Å². The predicted octanol–water partition coefficient (Wildman–Crippen LogP) is 1.12. The molecule has 290 valence electrons. The maximum Gasteiger partial charge on any atom is 0.397 e. The summed E-state index contributed by atoms with van der Waals surface area (Å²) in [6.45, 7) is 8.03. The molecule has 0 aromatic heterocycles. The van der Waals surface area contributed by atoms with Crippen molar-refractivity contribution < 1.29 is 83.3 Å². The maximum absolute atomic E-state index is 13.1. The van der Waals surface area contributed by atoms with Crippen LogP contribution in [0.15, 0.2) is 12.2 Å². The van der Waals surface area contributed by atoms with Gasteiger partial charge in [-0.25, -0.2) is 8.37 Å². The van der Waals surface area contributed by atoms with Gasteiger partial charge in [0, 0.05) is 18.3 Å². The molecule has 4 saturated carbocycles. The second-order valence-corrected chi connectivity index (χ2v) is 17.4. The minimum absolute atomic E-state index is 0.00133. The summed E-state index contributed by atoms with van der Waals surface area (Å²) >= 11 is 0. The standard InChI is InChI=1S/C31H46O18S2/c1-14(2)9-21(33)47-24-23(49-51(42,43)44)22(48-50(39,40)41)18(13-32)46-26(24)45-17-11-29(4)19-6-5-16-10-30(19,25(34)15(16)3)8-7-20(29)31(12-17,27(35)36)28(37)38/h14,16-20,22-26,32,34H,3,5-13H2,1-2,4H3,(H,35,36)(H,37,38)(H,39,40,41)(H,42,43,44)/t16-,17?,18?,19?,20?,22?,23?,24?,25-,26?,29-,30+/m1/s1. The van der Waals surface area contributed by atoms with Crippen molar-refractivity contribution in [2.24, 2.45) is 39.9 Å². The molecule has 0 amide bonds. The van der Waals surface area contributed by atoms with Crippen LogP contribution in [0.4, 0.5) is 0 Å². The van der Waals surface area contributed by atoms with Gasteiger partial charge in [-0.15, -0.1) is 0 Å². The van der Waals surface area contributed by atoms with Crippen molar-refractivity contribution in [3.63, 3.8) is 0 Å². The zero-order valence-corrected chi connectivity index (χ0v) is 30.0. The molecule has 1 heterocycles. The van der Waals surface area contributed by atoms with Crippen molar-refractivity contribution in [2.75, 3.05) is 6.61 Å². The lowest BCUT2D eigenvalue weighted by Gasteiger charge is -2.64. The molecule has 5 fully saturated rings. The molecule has 2 bridgehead atoms. The minimum Gasteiger partial charge on any atom is -0.480 e. The first-order chi connectivity index (χ1) is 23.5. The van der Waals surface area contributed by atoms with Gasteiger partial charge in [0.15, 0.2) is 23.9 Å². The number of esters is 1. The molecule has 5 aliphatic rings. The number of aliphatic hydroxyl groups excluding tert-OH is 2. The minimum atomic E-state index is -5.51. The molecule has 12 atom stereocenters. The van der Waals surface area contributed by atoms with Crippen LogP contribution in [0.5, 0.6) is 0 Å².